The van der Waals surface area contributed by atoms with Gasteiger partial charge in [-0.15, -0.1) is 23.5 Å². The van der Waals surface area contributed by atoms with Crippen LogP contribution in [0.2, 0.25) is 0 Å². The Morgan fingerprint density at radius 3 is 0.880 bits per heavy atom. The Labute approximate surface area is 490 Å². The number of benzene rings is 6. The standard InChI is InChI=1S/2C32H27N4.CH4.2Y/c1-4-25-13-8-23-11-16-28(19-31(23)34-25)36(27-15-10-22-7-6-21(3)33-30(22)18-27)29-17-12-24-9-14-26(5-2)35-32(24)20-29;1-4-25-10-8-23-19-28(13-16-31(23)34-25)36(27-12-15-30-22(18-27)7-6-21(3)33-30)29-14-17-32-24(20-29)9-11-26(5-2)35-32;;;/h2*6-20H,3-5H2,1-2H3;1H4;;/q2*-1;;;. The van der Waals surface area contributed by atoms with Crippen molar-refractivity contribution >= 4 is 99.5 Å². The number of hydrogen-bond donors (Lipinski definition) is 0. The van der Waals surface area contributed by atoms with Gasteiger partial charge in [0.15, 0.2) is 0 Å². The van der Waals surface area contributed by atoms with E-state index in [1.807, 2.05) is 12.1 Å². The van der Waals surface area contributed by atoms with E-state index in [0.29, 0.717) is 0 Å². The average Bonchev–Trinajstić information content (AvgIpc) is 3.42. The van der Waals surface area contributed by atoms with E-state index in [4.69, 9.17) is 19.9 Å². The third-order valence-corrected chi connectivity index (χ3v) is 13.4. The van der Waals surface area contributed by atoms with Crippen LogP contribution in [-0.4, -0.2) is 29.9 Å². The number of aromatic nitrogens is 6. The number of nitrogens with zero attached hydrogens (tertiary/aromatic N) is 8. The summed E-state index contributed by atoms with van der Waals surface area (Å²) in [5.74, 6) is 0. The number of rotatable bonds is 10. The molecule has 0 aliphatic heterocycles. The normalized spacial score (nSPS) is 10.9. The van der Waals surface area contributed by atoms with Gasteiger partial charge in [0.25, 0.3) is 0 Å². The molecule has 0 saturated carbocycles. The minimum atomic E-state index is 0. The third kappa shape index (κ3) is 11.6. The van der Waals surface area contributed by atoms with Crippen molar-refractivity contribution in [3.05, 3.63) is 230 Å². The first kappa shape index (κ1) is 54.6. The van der Waals surface area contributed by atoms with E-state index in [1.54, 1.807) is 0 Å². The van der Waals surface area contributed by atoms with Crippen LogP contribution >= 0.6 is 0 Å². The van der Waals surface area contributed by atoms with Crippen molar-refractivity contribution in [3.63, 3.8) is 0 Å². The van der Waals surface area contributed by atoms with Crippen molar-refractivity contribution in [1.82, 2.24) is 29.9 Å². The summed E-state index contributed by atoms with van der Waals surface area (Å²) in [4.78, 5) is 33.2. The molecular formula is C65H58N8Y2-2. The maximum Gasteiger partial charge on any atom is 0.0726 e. The van der Waals surface area contributed by atoms with Gasteiger partial charge < -0.3 is 9.80 Å². The van der Waals surface area contributed by atoms with Gasteiger partial charge in [-0.2, -0.15) is 12.1 Å². The second kappa shape index (κ2) is 23.9. The molecule has 2 radical (unpaired) electrons. The topological polar surface area (TPSA) is 83.8 Å². The summed E-state index contributed by atoms with van der Waals surface area (Å²) in [6, 6.07) is 63.8. The Balaban J connectivity index is 0.000000192. The van der Waals surface area contributed by atoms with E-state index in [0.717, 1.165) is 159 Å². The monoisotopic (exact) mass is 1130 g/mol. The smallest absolute Gasteiger partial charge is 0.0726 e. The van der Waals surface area contributed by atoms with Gasteiger partial charge in [0.05, 0.1) is 33.1 Å². The molecule has 0 bridgehead atoms. The number of aryl methyl sites for hydroxylation is 4. The molecule has 6 heterocycles. The second-order valence-corrected chi connectivity index (χ2v) is 18.2. The molecule has 0 N–H and O–H groups in total. The Morgan fingerprint density at radius 1 is 0.280 bits per heavy atom. The van der Waals surface area contributed by atoms with Crippen molar-refractivity contribution < 1.29 is 65.4 Å². The number of fused-ring (bicyclic) bond motifs is 6. The van der Waals surface area contributed by atoms with Crippen LogP contribution in [0.15, 0.2) is 182 Å². The molecule has 0 spiro atoms. The summed E-state index contributed by atoms with van der Waals surface area (Å²) in [6.45, 7) is 16.5. The van der Waals surface area contributed by atoms with Crippen LogP contribution in [0.5, 0.6) is 0 Å². The van der Waals surface area contributed by atoms with Crippen LogP contribution in [0.25, 0.3) is 65.4 Å². The largest absolute Gasteiger partial charge is 0.310 e. The molecular weight excluding hydrogens is 1070 g/mol. The molecule has 0 fully saturated rings. The quantitative estimate of drug-likeness (QED) is 0.125. The van der Waals surface area contributed by atoms with Gasteiger partial charge in [0.1, 0.15) is 0 Å². The van der Waals surface area contributed by atoms with Crippen LogP contribution < -0.4 is 9.80 Å². The van der Waals surface area contributed by atoms with E-state index in [2.05, 4.69) is 231 Å². The minimum Gasteiger partial charge on any atom is -0.310 e. The second-order valence-electron chi connectivity index (χ2n) is 18.2. The summed E-state index contributed by atoms with van der Waals surface area (Å²) < 4.78 is 0. The average molecular weight is 1130 g/mol. The molecule has 0 atom stereocenters. The molecule has 12 aromatic rings. The molecule has 10 heteroatoms. The molecule has 366 valence electrons. The molecule has 0 amide bonds. The first-order valence-corrected chi connectivity index (χ1v) is 24.9. The van der Waals surface area contributed by atoms with Gasteiger partial charge in [-0.05, 0) is 152 Å². The maximum absolute atomic E-state index is 4.90. The van der Waals surface area contributed by atoms with Crippen molar-refractivity contribution in [2.24, 2.45) is 0 Å². The molecule has 12 rings (SSSR count). The number of anilines is 6. The van der Waals surface area contributed by atoms with E-state index >= 15 is 0 Å². The van der Waals surface area contributed by atoms with Gasteiger partial charge in [0, 0.05) is 144 Å². The summed E-state index contributed by atoms with van der Waals surface area (Å²) in [5.41, 5.74) is 18.1. The van der Waals surface area contributed by atoms with Gasteiger partial charge in [-0.1, -0.05) is 77.6 Å². The van der Waals surface area contributed by atoms with Crippen LogP contribution in [0, 0.1) is 13.8 Å². The van der Waals surface area contributed by atoms with Gasteiger partial charge in [-0.25, -0.2) is 13.8 Å². The summed E-state index contributed by atoms with van der Waals surface area (Å²) in [6.07, 6.45) is 3.66. The van der Waals surface area contributed by atoms with E-state index in [1.165, 1.54) is 0 Å². The Bertz CT molecular complexity index is 3830. The van der Waals surface area contributed by atoms with Gasteiger partial charge in [0.2, 0.25) is 0 Å². The number of hydrogen-bond acceptors (Lipinski definition) is 8. The van der Waals surface area contributed by atoms with Crippen LogP contribution in [0.4, 0.5) is 34.1 Å². The molecule has 8 nitrogen and oxygen atoms in total. The fourth-order valence-corrected chi connectivity index (χ4v) is 9.43. The Morgan fingerprint density at radius 2 is 0.520 bits per heavy atom. The fourth-order valence-electron chi connectivity index (χ4n) is 9.43. The van der Waals surface area contributed by atoms with Crippen molar-refractivity contribution in [2.75, 3.05) is 9.80 Å². The molecule has 0 aliphatic rings. The predicted octanol–water partition coefficient (Wildman–Crippen LogP) is 16.8. The van der Waals surface area contributed by atoms with Crippen LogP contribution in [0.3, 0.4) is 0 Å². The molecule has 6 aromatic heterocycles. The molecule has 0 saturated heterocycles. The predicted molar refractivity (Wildman–Crippen MR) is 307 cm³/mol. The minimum absolute atomic E-state index is 0. The summed E-state index contributed by atoms with van der Waals surface area (Å²) in [5, 5.41) is 6.67. The SMILES string of the molecule is C.[CH2-]c1ccc2cc(N(c3ccc4nc(CC)ccc4c3)c3ccc4nc(CC)ccc4c3)ccc2n1.[CH2-]c1ccc2ccc(N(c3ccc4ccc(CC)nc4c3)c3ccc4ccc(CC)nc4c3)cc2n1.[Y].[Y]. The van der Waals surface area contributed by atoms with Crippen molar-refractivity contribution in [1.29, 1.82) is 0 Å². The zero-order chi connectivity index (χ0) is 49.3. The van der Waals surface area contributed by atoms with Crippen molar-refractivity contribution in [3.8, 4) is 0 Å². The first-order chi connectivity index (χ1) is 35.2. The third-order valence-electron chi connectivity index (χ3n) is 13.4. The van der Waals surface area contributed by atoms with Gasteiger partial charge in [-0.3, -0.25) is 29.9 Å². The van der Waals surface area contributed by atoms with E-state index in [-0.39, 0.29) is 72.8 Å². The Hall–Kier alpha value is -6.67. The molecule has 0 aliphatic carbocycles. The van der Waals surface area contributed by atoms with E-state index in [9.17, 15) is 0 Å². The maximum atomic E-state index is 4.90. The van der Waals surface area contributed by atoms with Crippen molar-refractivity contribution in [2.45, 2.75) is 60.8 Å². The Kier molecular flexibility index (Phi) is 17.4. The fraction of sp³-hybridized carbons (Fsp3) is 0.138. The number of pyridine rings is 6. The van der Waals surface area contributed by atoms with E-state index < -0.39 is 0 Å². The van der Waals surface area contributed by atoms with Crippen LogP contribution in [-0.2, 0) is 91.1 Å². The summed E-state index contributed by atoms with van der Waals surface area (Å²) in [7, 11) is 0. The zero-order valence-electron chi connectivity index (χ0n) is 42.3. The molecule has 0 unspecified atom stereocenters. The molecule has 6 aromatic carbocycles. The summed E-state index contributed by atoms with van der Waals surface area (Å²) >= 11 is 0. The first-order valence-electron chi connectivity index (χ1n) is 24.9. The van der Waals surface area contributed by atoms with Crippen LogP contribution in [0.1, 0.15) is 69.3 Å². The van der Waals surface area contributed by atoms with Gasteiger partial charge >= 0.3 is 0 Å². The zero-order valence-corrected chi connectivity index (χ0v) is 48.0. The molecule has 75 heavy (non-hydrogen) atoms.